The minimum absolute atomic E-state index is 0.0701. The molecule has 1 N–H and O–H groups in total. The zero-order valence-electron chi connectivity index (χ0n) is 15.9. The Kier molecular flexibility index (Phi) is 5.05. The first-order valence-corrected chi connectivity index (χ1v) is 9.80. The van der Waals surface area contributed by atoms with Gasteiger partial charge in [-0.25, -0.2) is 13.5 Å². The normalized spacial score (nSPS) is 27.7. The Morgan fingerprint density at radius 3 is 2.61 bits per heavy atom. The van der Waals surface area contributed by atoms with E-state index in [0.29, 0.717) is 24.9 Å². The van der Waals surface area contributed by atoms with Crippen LogP contribution in [0.1, 0.15) is 43.4 Å². The molecule has 0 amide bonds. The number of fused-ring (bicyclic) bond motifs is 2. The summed E-state index contributed by atoms with van der Waals surface area (Å²) in [6.07, 6.45) is 3.82. The van der Waals surface area contributed by atoms with Crippen molar-refractivity contribution < 1.29 is 13.9 Å². The number of hydrogen-bond donors (Lipinski definition) is 1. The lowest BCUT2D eigenvalue weighted by molar-refractivity contribution is -0.105. The van der Waals surface area contributed by atoms with Gasteiger partial charge in [-0.15, -0.1) is 0 Å². The van der Waals surface area contributed by atoms with Gasteiger partial charge in [0.25, 0.3) is 5.56 Å². The van der Waals surface area contributed by atoms with Gasteiger partial charge in [-0.3, -0.25) is 9.69 Å². The average Bonchev–Trinajstić information content (AvgIpc) is 2.62. The molecular formula is C21H25F2N3O2. The van der Waals surface area contributed by atoms with E-state index in [2.05, 4.69) is 10.00 Å². The molecule has 1 aromatic heterocycles. The van der Waals surface area contributed by atoms with Crippen LogP contribution in [0.5, 0.6) is 0 Å². The van der Waals surface area contributed by atoms with Crippen molar-refractivity contribution in [2.45, 2.75) is 69.8 Å². The van der Waals surface area contributed by atoms with E-state index in [9.17, 15) is 18.7 Å². The molecule has 0 radical (unpaired) electrons. The summed E-state index contributed by atoms with van der Waals surface area (Å²) in [4.78, 5) is 14.3. The maximum Gasteiger partial charge on any atom is 0.266 e. The monoisotopic (exact) mass is 389 g/mol. The van der Waals surface area contributed by atoms with Gasteiger partial charge in [-0.1, -0.05) is 6.42 Å². The SMILES string of the molecule is Cc1ccc(=O)n(CC2(O)C[C@@H]3CCC[C@@H](C2)N3Cc2cc(F)ccc2F)n1. The number of hydrogen-bond acceptors (Lipinski definition) is 4. The van der Waals surface area contributed by atoms with Gasteiger partial charge in [0.15, 0.2) is 0 Å². The molecule has 3 heterocycles. The molecule has 2 saturated heterocycles. The molecule has 4 rings (SSSR count). The van der Waals surface area contributed by atoms with Crippen LogP contribution in [0.4, 0.5) is 8.78 Å². The van der Waals surface area contributed by atoms with Crippen LogP contribution in [-0.2, 0) is 13.1 Å². The second-order valence-electron chi connectivity index (χ2n) is 8.25. The van der Waals surface area contributed by atoms with Crippen LogP contribution in [0.15, 0.2) is 35.1 Å². The second-order valence-corrected chi connectivity index (χ2v) is 8.25. The quantitative estimate of drug-likeness (QED) is 0.874. The summed E-state index contributed by atoms with van der Waals surface area (Å²) in [6, 6.07) is 6.81. The van der Waals surface area contributed by atoms with Crippen molar-refractivity contribution in [2.24, 2.45) is 0 Å². The molecule has 2 bridgehead atoms. The predicted octanol–water partition coefficient (Wildman–Crippen LogP) is 2.78. The van der Waals surface area contributed by atoms with Crippen molar-refractivity contribution >= 4 is 0 Å². The third kappa shape index (κ3) is 3.86. The summed E-state index contributed by atoms with van der Waals surface area (Å²) >= 11 is 0. The summed E-state index contributed by atoms with van der Waals surface area (Å²) in [7, 11) is 0. The number of halogens is 2. The van der Waals surface area contributed by atoms with Crippen molar-refractivity contribution in [1.29, 1.82) is 0 Å². The molecule has 1 aromatic carbocycles. The Balaban J connectivity index is 1.55. The number of aliphatic hydroxyl groups is 1. The molecule has 2 atom stereocenters. The topological polar surface area (TPSA) is 58.4 Å². The summed E-state index contributed by atoms with van der Waals surface area (Å²) in [6.45, 7) is 2.30. The van der Waals surface area contributed by atoms with Crippen molar-refractivity contribution in [3.05, 3.63) is 63.6 Å². The molecule has 2 aliphatic heterocycles. The highest BCUT2D eigenvalue weighted by Crippen LogP contribution is 2.40. The number of aryl methyl sites for hydroxylation is 1. The van der Waals surface area contributed by atoms with Gasteiger partial charge in [0.05, 0.1) is 17.8 Å². The highest BCUT2D eigenvalue weighted by atomic mass is 19.1. The minimum Gasteiger partial charge on any atom is -0.388 e. The van der Waals surface area contributed by atoms with Crippen LogP contribution >= 0.6 is 0 Å². The van der Waals surface area contributed by atoms with E-state index in [1.807, 2.05) is 6.92 Å². The van der Waals surface area contributed by atoms with Crippen LogP contribution in [0.25, 0.3) is 0 Å². The molecule has 2 fully saturated rings. The van der Waals surface area contributed by atoms with Crippen molar-refractivity contribution in [3.8, 4) is 0 Å². The summed E-state index contributed by atoms with van der Waals surface area (Å²) in [5.74, 6) is -0.851. The summed E-state index contributed by atoms with van der Waals surface area (Å²) in [5.41, 5.74) is -0.188. The van der Waals surface area contributed by atoms with Gasteiger partial charge < -0.3 is 5.11 Å². The van der Waals surface area contributed by atoms with Crippen LogP contribution in [0.3, 0.4) is 0 Å². The van der Waals surface area contributed by atoms with Crippen LogP contribution in [0.2, 0.25) is 0 Å². The lowest BCUT2D eigenvalue weighted by Gasteiger charge is -2.52. The third-order valence-corrected chi connectivity index (χ3v) is 6.05. The van der Waals surface area contributed by atoms with Crippen LogP contribution in [-0.4, -0.2) is 37.5 Å². The molecule has 2 aromatic rings. The first kappa shape index (κ1) is 19.2. The Hall–Kier alpha value is -2.12. The Labute approximate surface area is 162 Å². The van der Waals surface area contributed by atoms with E-state index in [4.69, 9.17) is 0 Å². The van der Waals surface area contributed by atoms with Crippen LogP contribution in [0, 0.1) is 18.6 Å². The van der Waals surface area contributed by atoms with E-state index in [-0.39, 0.29) is 24.2 Å². The standard InChI is InChI=1S/C21H25F2N3O2/c1-14-5-8-20(27)26(24-14)13-21(28)10-17-3-2-4-18(11-21)25(17)12-15-9-16(22)6-7-19(15)23/h5-9,17-18,28H,2-4,10-13H2,1H3/t17-,18-/m0/s1. The molecule has 28 heavy (non-hydrogen) atoms. The molecular weight excluding hydrogens is 364 g/mol. The fourth-order valence-electron chi connectivity index (χ4n) is 4.81. The number of benzene rings is 1. The predicted molar refractivity (Wildman–Crippen MR) is 101 cm³/mol. The maximum absolute atomic E-state index is 14.1. The van der Waals surface area contributed by atoms with Gasteiger partial charge in [0, 0.05) is 30.3 Å². The minimum atomic E-state index is -1.03. The molecule has 2 aliphatic rings. The van der Waals surface area contributed by atoms with Crippen LogP contribution < -0.4 is 5.56 Å². The fraction of sp³-hybridized carbons (Fsp3) is 0.524. The largest absolute Gasteiger partial charge is 0.388 e. The van der Waals surface area contributed by atoms with Crippen molar-refractivity contribution in [2.75, 3.05) is 0 Å². The molecule has 0 spiro atoms. The number of nitrogens with zero attached hydrogens (tertiary/aromatic N) is 3. The number of rotatable bonds is 4. The molecule has 0 unspecified atom stereocenters. The third-order valence-electron chi connectivity index (χ3n) is 6.05. The Morgan fingerprint density at radius 1 is 1.18 bits per heavy atom. The highest BCUT2D eigenvalue weighted by molar-refractivity contribution is 5.19. The van der Waals surface area contributed by atoms with Gasteiger partial charge in [-0.05, 0) is 56.9 Å². The molecule has 150 valence electrons. The molecule has 0 aliphatic carbocycles. The molecule has 0 saturated carbocycles. The first-order chi connectivity index (χ1) is 13.3. The lowest BCUT2D eigenvalue weighted by atomic mass is 9.75. The van der Waals surface area contributed by atoms with E-state index in [0.717, 1.165) is 37.1 Å². The second kappa shape index (κ2) is 7.37. The van der Waals surface area contributed by atoms with E-state index in [1.54, 1.807) is 6.07 Å². The molecule has 5 nitrogen and oxygen atoms in total. The zero-order chi connectivity index (χ0) is 19.9. The van der Waals surface area contributed by atoms with Crippen molar-refractivity contribution in [1.82, 2.24) is 14.7 Å². The summed E-state index contributed by atoms with van der Waals surface area (Å²) < 4.78 is 29.0. The number of aromatic nitrogens is 2. The van der Waals surface area contributed by atoms with Gasteiger partial charge >= 0.3 is 0 Å². The maximum atomic E-state index is 14.1. The van der Waals surface area contributed by atoms with E-state index < -0.39 is 17.2 Å². The van der Waals surface area contributed by atoms with E-state index >= 15 is 0 Å². The van der Waals surface area contributed by atoms with Crippen molar-refractivity contribution in [3.63, 3.8) is 0 Å². The Morgan fingerprint density at radius 2 is 1.89 bits per heavy atom. The summed E-state index contributed by atoms with van der Waals surface area (Å²) in [5, 5.41) is 15.5. The first-order valence-electron chi connectivity index (χ1n) is 9.80. The Bertz CT molecular complexity index is 916. The average molecular weight is 389 g/mol. The smallest absolute Gasteiger partial charge is 0.266 e. The zero-order valence-corrected chi connectivity index (χ0v) is 15.9. The number of piperidine rings is 2. The fourth-order valence-corrected chi connectivity index (χ4v) is 4.81. The van der Waals surface area contributed by atoms with Gasteiger partial charge in [-0.2, -0.15) is 5.10 Å². The van der Waals surface area contributed by atoms with Gasteiger partial charge in [0.1, 0.15) is 11.6 Å². The van der Waals surface area contributed by atoms with E-state index in [1.165, 1.54) is 16.8 Å². The highest BCUT2D eigenvalue weighted by Gasteiger charge is 2.46. The lowest BCUT2D eigenvalue weighted by Crippen LogP contribution is -2.59. The molecule has 7 heteroatoms. The van der Waals surface area contributed by atoms with Gasteiger partial charge in [0.2, 0.25) is 0 Å².